The average molecular weight is 258 g/mol. The minimum Gasteiger partial charge on any atom is -0.301 e. The number of hydrogen-bond acceptors (Lipinski definition) is 3. The van der Waals surface area contributed by atoms with Crippen molar-refractivity contribution in [3.8, 4) is 0 Å². The number of pyridine rings is 1. The van der Waals surface area contributed by atoms with Crippen LogP contribution in [0.15, 0.2) is 36.8 Å². The molecule has 0 radical (unpaired) electrons. The van der Waals surface area contributed by atoms with Gasteiger partial charge in [-0.25, -0.2) is 0 Å². The number of aryl methyl sites for hydroxylation is 1. The molecule has 2 aromatic rings. The second kappa shape index (κ2) is 6.48. The number of hydrogen-bond donors (Lipinski definition) is 0. The Kier molecular flexibility index (Phi) is 4.68. The van der Waals surface area contributed by atoms with E-state index in [1.165, 1.54) is 11.3 Å². The normalized spacial score (nSPS) is 12.8. The second-order valence-electron chi connectivity index (χ2n) is 5.07. The van der Waals surface area contributed by atoms with Gasteiger partial charge in [0.25, 0.3) is 0 Å². The van der Waals surface area contributed by atoms with Crippen LogP contribution in [-0.4, -0.2) is 39.3 Å². The lowest BCUT2D eigenvalue weighted by Gasteiger charge is -2.24. The molecule has 0 saturated carbocycles. The second-order valence-corrected chi connectivity index (χ2v) is 5.07. The highest BCUT2D eigenvalue weighted by Crippen LogP contribution is 2.09. The number of aromatic nitrogens is 3. The third-order valence-electron chi connectivity index (χ3n) is 3.60. The van der Waals surface area contributed by atoms with Crippen LogP contribution < -0.4 is 0 Å². The molecule has 0 aromatic carbocycles. The highest BCUT2D eigenvalue weighted by molar-refractivity contribution is 5.18. The highest BCUT2D eigenvalue weighted by Gasteiger charge is 2.11. The maximum absolute atomic E-state index is 4.47. The van der Waals surface area contributed by atoms with Gasteiger partial charge in [-0.15, -0.1) is 0 Å². The molecule has 4 heteroatoms. The van der Waals surface area contributed by atoms with E-state index in [-0.39, 0.29) is 0 Å². The summed E-state index contributed by atoms with van der Waals surface area (Å²) >= 11 is 0. The van der Waals surface area contributed by atoms with Crippen LogP contribution in [0.25, 0.3) is 0 Å². The molecule has 0 fully saturated rings. The topological polar surface area (TPSA) is 34.0 Å². The van der Waals surface area contributed by atoms with Gasteiger partial charge < -0.3 is 4.90 Å². The van der Waals surface area contributed by atoms with Crippen molar-refractivity contribution in [1.82, 2.24) is 19.7 Å². The van der Waals surface area contributed by atoms with Crippen LogP contribution in [0.5, 0.6) is 0 Å². The molecule has 0 bridgehead atoms. The number of nitrogens with zero attached hydrogens (tertiary/aromatic N) is 4. The first kappa shape index (κ1) is 13.7. The zero-order valence-corrected chi connectivity index (χ0v) is 12.0. The van der Waals surface area contributed by atoms with E-state index in [4.69, 9.17) is 0 Å². The van der Waals surface area contributed by atoms with Gasteiger partial charge in [0.2, 0.25) is 0 Å². The summed E-state index contributed by atoms with van der Waals surface area (Å²) in [7, 11) is 2.16. The molecule has 102 valence electrons. The van der Waals surface area contributed by atoms with Crippen molar-refractivity contribution < 1.29 is 0 Å². The Balaban J connectivity index is 1.85. The smallest absolute Gasteiger partial charge is 0.0536 e. The Labute approximate surface area is 115 Å². The Morgan fingerprint density at radius 1 is 1.32 bits per heavy atom. The maximum Gasteiger partial charge on any atom is 0.0536 e. The van der Waals surface area contributed by atoms with E-state index in [0.717, 1.165) is 19.5 Å². The quantitative estimate of drug-likeness (QED) is 0.796. The molecule has 0 aliphatic carbocycles. The van der Waals surface area contributed by atoms with Crippen LogP contribution >= 0.6 is 0 Å². The molecule has 19 heavy (non-hydrogen) atoms. The molecular weight excluding hydrogens is 236 g/mol. The van der Waals surface area contributed by atoms with Gasteiger partial charge in [-0.2, -0.15) is 5.10 Å². The van der Waals surface area contributed by atoms with Crippen molar-refractivity contribution in [2.24, 2.45) is 0 Å². The van der Waals surface area contributed by atoms with Crippen molar-refractivity contribution in [3.05, 3.63) is 48.0 Å². The zero-order chi connectivity index (χ0) is 13.7. The molecule has 2 rings (SSSR count). The van der Waals surface area contributed by atoms with E-state index in [1.54, 1.807) is 0 Å². The first-order valence-corrected chi connectivity index (χ1v) is 6.75. The largest absolute Gasteiger partial charge is 0.301 e. The lowest BCUT2D eigenvalue weighted by molar-refractivity contribution is 0.241. The van der Waals surface area contributed by atoms with Crippen LogP contribution in [0.2, 0.25) is 0 Å². The molecule has 0 saturated heterocycles. The molecule has 0 amide bonds. The van der Waals surface area contributed by atoms with Gasteiger partial charge in [0.1, 0.15) is 0 Å². The van der Waals surface area contributed by atoms with Crippen molar-refractivity contribution in [1.29, 1.82) is 0 Å². The number of likely N-dealkylation sites (N-methyl/N-ethyl adjacent to an activating group) is 1. The molecule has 2 aromatic heterocycles. The van der Waals surface area contributed by atoms with E-state index < -0.39 is 0 Å². The summed E-state index contributed by atoms with van der Waals surface area (Å²) in [5.74, 6) is 0. The Bertz CT molecular complexity index is 493. The summed E-state index contributed by atoms with van der Waals surface area (Å²) < 4.78 is 1.97. The highest BCUT2D eigenvalue weighted by atomic mass is 15.3. The molecule has 1 atom stereocenters. The van der Waals surface area contributed by atoms with Gasteiger partial charge in [-0.3, -0.25) is 9.67 Å². The average Bonchev–Trinajstić information content (AvgIpc) is 2.91. The van der Waals surface area contributed by atoms with Gasteiger partial charge in [0, 0.05) is 43.3 Å². The van der Waals surface area contributed by atoms with Crippen LogP contribution in [-0.2, 0) is 13.0 Å². The first-order valence-electron chi connectivity index (χ1n) is 6.75. The van der Waals surface area contributed by atoms with E-state index >= 15 is 0 Å². The van der Waals surface area contributed by atoms with Gasteiger partial charge in [-0.05, 0) is 38.6 Å². The minimum atomic E-state index is 0.476. The fourth-order valence-electron chi connectivity index (χ4n) is 2.08. The maximum atomic E-state index is 4.47. The van der Waals surface area contributed by atoms with Gasteiger partial charge >= 0.3 is 0 Å². The van der Waals surface area contributed by atoms with E-state index in [2.05, 4.69) is 41.9 Å². The van der Waals surface area contributed by atoms with Gasteiger partial charge in [-0.1, -0.05) is 6.07 Å². The molecule has 0 unspecified atom stereocenters. The summed E-state index contributed by atoms with van der Waals surface area (Å²) in [4.78, 5) is 6.82. The summed E-state index contributed by atoms with van der Waals surface area (Å²) in [5, 5.41) is 4.22. The predicted octanol–water partition coefficient (Wildman–Crippen LogP) is 2.15. The van der Waals surface area contributed by atoms with Crippen molar-refractivity contribution in [2.75, 3.05) is 13.6 Å². The first-order chi connectivity index (χ1) is 9.16. The molecular formula is C15H22N4. The number of rotatable bonds is 6. The molecule has 0 N–H and O–H groups in total. The summed E-state index contributed by atoms with van der Waals surface area (Å²) in [6.45, 7) is 6.29. The van der Waals surface area contributed by atoms with Crippen molar-refractivity contribution in [2.45, 2.75) is 32.9 Å². The SMILES string of the molecule is Cc1cccnc1C[C@H](C)N(C)CCn1cccn1. The summed E-state index contributed by atoms with van der Waals surface area (Å²) in [5.41, 5.74) is 2.47. The fraction of sp³-hybridized carbons (Fsp3) is 0.467. The lowest BCUT2D eigenvalue weighted by atomic mass is 10.1. The van der Waals surface area contributed by atoms with E-state index in [1.807, 2.05) is 35.4 Å². The van der Waals surface area contributed by atoms with E-state index in [0.29, 0.717) is 6.04 Å². The molecule has 2 heterocycles. The van der Waals surface area contributed by atoms with Crippen molar-refractivity contribution in [3.63, 3.8) is 0 Å². The van der Waals surface area contributed by atoms with Crippen molar-refractivity contribution >= 4 is 0 Å². The molecule has 0 spiro atoms. The summed E-state index contributed by atoms with van der Waals surface area (Å²) in [6, 6.07) is 6.55. The third kappa shape index (κ3) is 3.89. The van der Waals surface area contributed by atoms with Gasteiger partial charge in [0.05, 0.1) is 6.54 Å². The summed E-state index contributed by atoms with van der Waals surface area (Å²) in [6.07, 6.45) is 6.68. The minimum absolute atomic E-state index is 0.476. The zero-order valence-electron chi connectivity index (χ0n) is 12.0. The standard InChI is InChI=1S/C15H22N4/c1-13-6-4-7-16-15(13)12-14(2)18(3)10-11-19-9-5-8-17-19/h4-9,14H,10-12H2,1-3H3/t14-/m0/s1. The Morgan fingerprint density at radius 2 is 2.16 bits per heavy atom. The Morgan fingerprint density at radius 3 is 2.84 bits per heavy atom. The third-order valence-corrected chi connectivity index (χ3v) is 3.60. The molecule has 0 aliphatic rings. The Hall–Kier alpha value is -1.68. The molecule has 4 nitrogen and oxygen atoms in total. The van der Waals surface area contributed by atoms with Crippen LogP contribution in [0.4, 0.5) is 0 Å². The monoisotopic (exact) mass is 258 g/mol. The fourth-order valence-corrected chi connectivity index (χ4v) is 2.08. The van der Waals surface area contributed by atoms with Gasteiger partial charge in [0.15, 0.2) is 0 Å². The lowest BCUT2D eigenvalue weighted by Crippen LogP contribution is -2.34. The van der Waals surface area contributed by atoms with Crippen LogP contribution in [0.3, 0.4) is 0 Å². The van der Waals surface area contributed by atoms with Crippen LogP contribution in [0.1, 0.15) is 18.2 Å². The molecule has 0 aliphatic heterocycles. The van der Waals surface area contributed by atoms with Crippen LogP contribution in [0, 0.1) is 6.92 Å². The predicted molar refractivity (Wildman–Crippen MR) is 77.0 cm³/mol. The van der Waals surface area contributed by atoms with E-state index in [9.17, 15) is 0 Å².